The third kappa shape index (κ3) is 2.55. The summed E-state index contributed by atoms with van der Waals surface area (Å²) in [6.45, 7) is 2.55. The first kappa shape index (κ1) is 11.0. The molecule has 0 radical (unpaired) electrons. The summed E-state index contributed by atoms with van der Waals surface area (Å²) < 4.78 is 24.6. The Bertz CT molecular complexity index is 260. The molecule has 1 aliphatic heterocycles. The molecule has 0 aromatic heterocycles. The molecule has 86 valence electrons. The van der Waals surface area contributed by atoms with Crippen LogP contribution in [0.25, 0.3) is 0 Å². The molecule has 1 saturated heterocycles. The van der Waals surface area contributed by atoms with Crippen LogP contribution in [-0.2, 0) is 0 Å². The number of hydrogen-bond acceptors (Lipinski definition) is 2. The fourth-order valence-corrected chi connectivity index (χ4v) is 2.19. The molecule has 2 aliphatic rings. The van der Waals surface area contributed by atoms with Crippen molar-refractivity contribution in [1.82, 2.24) is 4.90 Å². The van der Waals surface area contributed by atoms with Crippen molar-refractivity contribution in [2.45, 2.75) is 25.7 Å². The normalized spacial score (nSPS) is 25.4. The zero-order valence-corrected chi connectivity index (χ0v) is 8.81. The number of likely N-dealkylation sites (tertiary alicyclic amines) is 1. The summed E-state index contributed by atoms with van der Waals surface area (Å²) in [6, 6.07) is 0. The van der Waals surface area contributed by atoms with Gasteiger partial charge in [-0.25, -0.2) is 0 Å². The Morgan fingerprint density at radius 1 is 1.27 bits per heavy atom. The Morgan fingerprint density at radius 2 is 1.87 bits per heavy atom. The predicted octanol–water partition coefficient (Wildman–Crippen LogP) is 2.01. The molecule has 1 N–H and O–H groups in total. The minimum atomic E-state index is -1.49. The first-order chi connectivity index (χ1) is 7.15. The highest BCUT2D eigenvalue weighted by atomic mass is 19.3. The average molecular weight is 217 g/mol. The van der Waals surface area contributed by atoms with Crippen LogP contribution in [0.4, 0.5) is 8.78 Å². The number of halogens is 2. The molecule has 2 nitrogen and oxygen atoms in total. The fraction of sp³-hybridized carbons (Fsp3) is 0.818. The van der Waals surface area contributed by atoms with E-state index in [4.69, 9.17) is 0 Å². The van der Waals surface area contributed by atoms with Crippen LogP contribution in [0.15, 0.2) is 11.7 Å². The lowest BCUT2D eigenvalue weighted by Gasteiger charge is -2.30. The van der Waals surface area contributed by atoms with Gasteiger partial charge in [0.15, 0.2) is 0 Å². The summed E-state index contributed by atoms with van der Waals surface area (Å²) in [5.41, 5.74) is 0.426. The van der Waals surface area contributed by atoms with Crippen LogP contribution in [0, 0.1) is 5.41 Å². The number of piperidine rings is 1. The van der Waals surface area contributed by atoms with Gasteiger partial charge < -0.3 is 10.0 Å². The van der Waals surface area contributed by atoms with Gasteiger partial charge >= 0.3 is 0 Å². The van der Waals surface area contributed by atoms with Gasteiger partial charge in [-0.2, -0.15) is 8.78 Å². The van der Waals surface area contributed by atoms with E-state index in [1.54, 1.807) is 0 Å². The van der Waals surface area contributed by atoms with Crippen molar-refractivity contribution in [1.29, 1.82) is 0 Å². The number of aliphatic hydroxyl groups excluding tert-OH is 1. The van der Waals surface area contributed by atoms with Crippen LogP contribution in [0.5, 0.6) is 0 Å². The highest BCUT2D eigenvalue weighted by Crippen LogP contribution is 2.46. The third-order valence-electron chi connectivity index (χ3n) is 3.58. The van der Waals surface area contributed by atoms with E-state index >= 15 is 0 Å². The van der Waals surface area contributed by atoms with Crippen molar-refractivity contribution in [2.75, 3.05) is 26.2 Å². The number of hydrogen-bond donors (Lipinski definition) is 1. The maximum absolute atomic E-state index is 12.3. The van der Waals surface area contributed by atoms with Gasteiger partial charge in [0, 0.05) is 31.7 Å². The molecule has 1 heterocycles. The zero-order valence-electron chi connectivity index (χ0n) is 8.81. The maximum Gasteiger partial charge on any atom is 0.269 e. The Morgan fingerprint density at radius 3 is 2.27 bits per heavy atom. The van der Waals surface area contributed by atoms with E-state index in [9.17, 15) is 13.9 Å². The van der Waals surface area contributed by atoms with Gasteiger partial charge in [-0.15, -0.1) is 0 Å². The molecule has 1 saturated carbocycles. The second-order valence-electron chi connectivity index (χ2n) is 4.80. The molecular formula is C11H17F2NO. The Labute approximate surface area is 88.6 Å². The van der Waals surface area contributed by atoms with E-state index in [1.807, 2.05) is 0 Å². The minimum absolute atomic E-state index is 0.107. The summed E-state index contributed by atoms with van der Waals surface area (Å²) in [5.74, 6) is 0. The maximum atomic E-state index is 12.3. The molecule has 0 atom stereocenters. The lowest BCUT2D eigenvalue weighted by molar-refractivity contribution is 0.141. The van der Waals surface area contributed by atoms with E-state index in [-0.39, 0.29) is 12.0 Å². The highest BCUT2D eigenvalue weighted by Gasteiger charge is 2.43. The molecule has 2 fully saturated rings. The van der Waals surface area contributed by atoms with Crippen LogP contribution in [0.2, 0.25) is 0 Å². The molecule has 0 spiro atoms. The molecule has 1 aliphatic carbocycles. The van der Waals surface area contributed by atoms with Crippen LogP contribution < -0.4 is 0 Å². The Hall–Kier alpha value is -0.480. The van der Waals surface area contributed by atoms with E-state index < -0.39 is 6.08 Å². The van der Waals surface area contributed by atoms with Gasteiger partial charge in [-0.1, -0.05) is 0 Å². The topological polar surface area (TPSA) is 23.5 Å². The third-order valence-corrected chi connectivity index (χ3v) is 3.58. The van der Waals surface area contributed by atoms with Gasteiger partial charge in [0.1, 0.15) is 0 Å². The second kappa shape index (κ2) is 4.18. The lowest BCUT2D eigenvalue weighted by Crippen LogP contribution is -2.36. The zero-order chi connectivity index (χ0) is 10.9. The van der Waals surface area contributed by atoms with Crippen LogP contribution in [-0.4, -0.2) is 36.2 Å². The first-order valence-electron chi connectivity index (χ1n) is 5.51. The van der Waals surface area contributed by atoms with Crippen LogP contribution >= 0.6 is 0 Å². The number of nitrogens with zero attached hydrogens (tertiary/aromatic N) is 1. The molecular weight excluding hydrogens is 200 g/mol. The quantitative estimate of drug-likeness (QED) is 0.781. The molecule has 0 unspecified atom stereocenters. The van der Waals surface area contributed by atoms with Crippen molar-refractivity contribution >= 4 is 0 Å². The number of aliphatic hydroxyl groups is 1. The van der Waals surface area contributed by atoms with Crippen molar-refractivity contribution in [3.05, 3.63) is 11.7 Å². The van der Waals surface area contributed by atoms with Crippen LogP contribution in [0.3, 0.4) is 0 Å². The standard InChI is InChI=1S/C11H17F2NO/c12-10(13)9-1-5-14(6-2-9)7-11(8-15)3-4-11/h15H,1-8H2. The molecule has 0 aromatic rings. The Balaban J connectivity index is 1.81. The van der Waals surface area contributed by atoms with Gasteiger partial charge in [0.2, 0.25) is 0 Å². The van der Waals surface area contributed by atoms with E-state index in [0.29, 0.717) is 31.5 Å². The smallest absolute Gasteiger partial charge is 0.269 e. The molecule has 4 heteroatoms. The summed E-state index contributed by atoms with van der Waals surface area (Å²) in [5, 5.41) is 9.17. The van der Waals surface area contributed by atoms with Gasteiger partial charge in [0.05, 0.1) is 0 Å². The second-order valence-corrected chi connectivity index (χ2v) is 4.80. The van der Waals surface area contributed by atoms with Gasteiger partial charge in [0.25, 0.3) is 6.08 Å². The largest absolute Gasteiger partial charge is 0.396 e. The highest BCUT2D eigenvalue weighted by molar-refractivity contribution is 5.07. The van der Waals surface area contributed by atoms with Crippen LogP contribution in [0.1, 0.15) is 25.7 Å². The minimum Gasteiger partial charge on any atom is -0.396 e. The molecule has 0 amide bonds. The lowest BCUT2D eigenvalue weighted by atomic mass is 10.0. The van der Waals surface area contributed by atoms with Crippen molar-refractivity contribution < 1.29 is 13.9 Å². The molecule has 0 aromatic carbocycles. The fourth-order valence-electron chi connectivity index (χ4n) is 2.19. The Kier molecular flexibility index (Phi) is 3.07. The van der Waals surface area contributed by atoms with E-state index in [2.05, 4.69) is 4.90 Å². The number of rotatable bonds is 3. The molecule has 0 bridgehead atoms. The van der Waals surface area contributed by atoms with Gasteiger partial charge in [-0.05, 0) is 31.3 Å². The van der Waals surface area contributed by atoms with Crippen molar-refractivity contribution in [2.24, 2.45) is 5.41 Å². The van der Waals surface area contributed by atoms with Gasteiger partial charge in [-0.3, -0.25) is 0 Å². The SMILES string of the molecule is OCC1(CN2CCC(=C(F)F)CC2)CC1. The van der Waals surface area contributed by atoms with Crippen molar-refractivity contribution in [3.63, 3.8) is 0 Å². The summed E-state index contributed by atoms with van der Waals surface area (Å²) in [6.07, 6.45) is 1.66. The molecule has 2 rings (SSSR count). The predicted molar refractivity (Wildman–Crippen MR) is 53.7 cm³/mol. The van der Waals surface area contributed by atoms with Crippen molar-refractivity contribution in [3.8, 4) is 0 Å². The van der Waals surface area contributed by atoms with E-state index in [0.717, 1.165) is 19.4 Å². The first-order valence-corrected chi connectivity index (χ1v) is 5.51. The molecule has 15 heavy (non-hydrogen) atoms. The summed E-state index contributed by atoms with van der Waals surface area (Å²) in [4.78, 5) is 2.20. The summed E-state index contributed by atoms with van der Waals surface area (Å²) >= 11 is 0. The summed E-state index contributed by atoms with van der Waals surface area (Å²) in [7, 11) is 0. The average Bonchev–Trinajstić information content (AvgIpc) is 2.99. The monoisotopic (exact) mass is 217 g/mol. The van der Waals surface area contributed by atoms with E-state index in [1.165, 1.54) is 0 Å².